The van der Waals surface area contributed by atoms with E-state index in [1.807, 2.05) is 72.0 Å². The first kappa shape index (κ1) is 33.0. The van der Waals surface area contributed by atoms with Crippen molar-refractivity contribution in [1.82, 2.24) is 15.0 Å². The van der Waals surface area contributed by atoms with Gasteiger partial charge in [-0.1, -0.05) is 146 Å². The van der Waals surface area contributed by atoms with Crippen LogP contribution in [0, 0.1) is 0 Å². The third-order valence-electron chi connectivity index (χ3n) is 11.7. The Morgan fingerprint density at radius 3 is 1.86 bits per heavy atom. The van der Waals surface area contributed by atoms with Crippen LogP contribution in [0.3, 0.4) is 0 Å². The van der Waals surface area contributed by atoms with Crippen LogP contribution in [0.5, 0.6) is 0 Å². The van der Waals surface area contributed by atoms with Crippen molar-refractivity contribution < 1.29 is 4.42 Å². The Morgan fingerprint density at radius 1 is 0.414 bits per heavy atom. The summed E-state index contributed by atoms with van der Waals surface area (Å²) in [4.78, 5) is 14.9. The van der Waals surface area contributed by atoms with Crippen LogP contribution in [0.15, 0.2) is 186 Å². The molecule has 58 heavy (non-hydrogen) atoms. The lowest BCUT2D eigenvalue weighted by Gasteiger charge is -2.29. The molecule has 1 unspecified atom stereocenters. The molecule has 5 heteroatoms. The minimum atomic E-state index is 0.122. The van der Waals surface area contributed by atoms with Crippen LogP contribution in [0.25, 0.3) is 98.5 Å². The van der Waals surface area contributed by atoms with Gasteiger partial charge >= 0.3 is 0 Å². The van der Waals surface area contributed by atoms with Gasteiger partial charge in [0.05, 0.1) is 0 Å². The number of aromatic nitrogens is 3. The second-order valence-corrected chi connectivity index (χ2v) is 16.2. The molecule has 1 aliphatic rings. The monoisotopic (exact) mass is 759 g/mol. The number of furan rings is 1. The average Bonchev–Trinajstić information content (AvgIpc) is 3.87. The van der Waals surface area contributed by atoms with Crippen LogP contribution < -0.4 is 0 Å². The molecule has 3 heterocycles. The maximum Gasteiger partial charge on any atom is 0.164 e. The van der Waals surface area contributed by atoms with Crippen molar-refractivity contribution >= 4 is 53.4 Å². The summed E-state index contributed by atoms with van der Waals surface area (Å²) >= 11 is 1.86. The molecule has 0 saturated heterocycles. The van der Waals surface area contributed by atoms with Gasteiger partial charge in [-0.05, 0) is 76.2 Å². The molecule has 272 valence electrons. The molecular formula is C53H33N3OS. The number of para-hydroxylation sites is 1. The largest absolute Gasteiger partial charge is 0.456 e. The van der Waals surface area contributed by atoms with Gasteiger partial charge in [0, 0.05) is 59.1 Å². The Hall–Kier alpha value is -7.21. The molecule has 0 radical (unpaired) electrons. The van der Waals surface area contributed by atoms with Crippen LogP contribution in [0.1, 0.15) is 22.6 Å². The summed E-state index contributed by atoms with van der Waals surface area (Å²) in [6.07, 6.45) is 0.895. The Balaban J connectivity index is 0.974. The molecule has 4 nitrogen and oxygen atoms in total. The van der Waals surface area contributed by atoms with E-state index in [4.69, 9.17) is 19.4 Å². The number of rotatable bonds is 5. The lowest BCUT2D eigenvalue weighted by molar-refractivity contribution is 0.654. The van der Waals surface area contributed by atoms with Crippen molar-refractivity contribution in [2.75, 3.05) is 0 Å². The molecular weight excluding hydrogens is 727 g/mol. The molecule has 11 aromatic rings. The molecule has 12 rings (SSSR count). The lowest BCUT2D eigenvalue weighted by atomic mass is 9.74. The van der Waals surface area contributed by atoms with Gasteiger partial charge in [-0.2, -0.15) is 0 Å². The van der Waals surface area contributed by atoms with Crippen LogP contribution in [-0.2, 0) is 6.42 Å². The van der Waals surface area contributed by atoms with E-state index in [0.29, 0.717) is 17.5 Å². The van der Waals surface area contributed by atoms with E-state index in [1.54, 1.807) is 0 Å². The number of nitrogens with zero attached hydrogens (tertiary/aromatic N) is 3. The molecule has 0 aliphatic heterocycles. The van der Waals surface area contributed by atoms with Crippen LogP contribution >= 0.6 is 11.3 Å². The van der Waals surface area contributed by atoms with E-state index in [-0.39, 0.29) is 5.92 Å². The highest BCUT2D eigenvalue weighted by molar-refractivity contribution is 7.25. The predicted molar refractivity (Wildman–Crippen MR) is 239 cm³/mol. The molecule has 1 atom stereocenters. The highest BCUT2D eigenvalue weighted by Crippen LogP contribution is 2.47. The molecule has 0 spiro atoms. The highest BCUT2D eigenvalue weighted by Gasteiger charge is 2.29. The number of thiophene rings is 1. The highest BCUT2D eigenvalue weighted by atomic mass is 32.1. The minimum Gasteiger partial charge on any atom is -0.456 e. The molecule has 0 bridgehead atoms. The number of benzene rings is 8. The van der Waals surface area contributed by atoms with Gasteiger partial charge < -0.3 is 4.42 Å². The number of hydrogen-bond donors (Lipinski definition) is 0. The van der Waals surface area contributed by atoms with Gasteiger partial charge in [0.25, 0.3) is 0 Å². The van der Waals surface area contributed by atoms with Crippen molar-refractivity contribution in [3.05, 3.63) is 199 Å². The fourth-order valence-corrected chi connectivity index (χ4v) is 10.0. The first-order chi connectivity index (χ1) is 28.7. The van der Waals surface area contributed by atoms with E-state index in [0.717, 1.165) is 45.0 Å². The van der Waals surface area contributed by atoms with Gasteiger partial charge in [-0.3, -0.25) is 0 Å². The van der Waals surface area contributed by atoms with Crippen molar-refractivity contribution in [2.24, 2.45) is 0 Å². The quantitative estimate of drug-likeness (QED) is 0.175. The van der Waals surface area contributed by atoms with Crippen molar-refractivity contribution in [2.45, 2.75) is 12.3 Å². The van der Waals surface area contributed by atoms with Gasteiger partial charge in [0.15, 0.2) is 17.5 Å². The average molecular weight is 760 g/mol. The van der Waals surface area contributed by atoms with E-state index in [2.05, 4.69) is 121 Å². The van der Waals surface area contributed by atoms with Crippen LogP contribution in [0.4, 0.5) is 0 Å². The topological polar surface area (TPSA) is 51.8 Å². The third kappa shape index (κ3) is 5.39. The van der Waals surface area contributed by atoms with Gasteiger partial charge in [-0.25, -0.2) is 15.0 Å². The Bertz CT molecular complexity index is 3330. The van der Waals surface area contributed by atoms with E-state index in [9.17, 15) is 0 Å². The zero-order chi connectivity index (χ0) is 38.2. The first-order valence-electron chi connectivity index (χ1n) is 19.7. The fraction of sp³-hybridized carbons (Fsp3) is 0.0377. The molecule has 0 saturated carbocycles. The van der Waals surface area contributed by atoms with E-state index in [1.165, 1.54) is 59.1 Å². The lowest BCUT2D eigenvalue weighted by Crippen LogP contribution is -2.13. The number of hydrogen-bond acceptors (Lipinski definition) is 5. The maximum atomic E-state index is 6.92. The Morgan fingerprint density at radius 2 is 1.05 bits per heavy atom. The summed E-state index contributed by atoms with van der Waals surface area (Å²) in [6.45, 7) is 0. The predicted octanol–water partition coefficient (Wildman–Crippen LogP) is 14.2. The van der Waals surface area contributed by atoms with Crippen LogP contribution in [0.2, 0.25) is 0 Å². The molecule has 0 N–H and O–H groups in total. The smallest absolute Gasteiger partial charge is 0.164 e. The third-order valence-corrected chi connectivity index (χ3v) is 12.9. The first-order valence-corrected chi connectivity index (χ1v) is 20.5. The zero-order valence-electron chi connectivity index (χ0n) is 31.3. The SMILES string of the molecule is c1ccc(-c2nc(-c3ccccc3)nc(-c3ccc4c(c3)oc3c(C5Cc6ccccc6-c6cc(-c7ccc8sc9ccccc9c8c7)ccc65)cccc34)n2)cc1. The summed E-state index contributed by atoms with van der Waals surface area (Å²) < 4.78 is 9.57. The van der Waals surface area contributed by atoms with Crippen molar-refractivity contribution in [1.29, 1.82) is 0 Å². The van der Waals surface area contributed by atoms with Gasteiger partial charge in [-0.15, -0.1) is 11.3 Å². The second-order valence-electron chi connectivity index (χ2n) is 15.1. The molecule has 3 aromatic heterocycles. The van der Waals surface area contributed by atoms with Crippen molar-refractivity contribution in [3.63, 3.8) is 0 Å². The summed E-state index contributed by atoms with van der Waals surface area (Å²) in [7, 11) is 0. The zero-order valence-corrected chi connectivity index (χ0v) is 32.1. The minimum absolute atomic E-state index is 0.122. The Kier molecular flexibility index (Phi) is 7.50. The molecule has 0 amide bonds. The molecule has 1 aliphatic carbocycles. The summed E-state index contributed by atoms with van der Waals surface area (Å²) in [6, 6.07) is 64.7. The second kappa shape index (κ2) is 13.2. The van der Waals surface area contributed by atoms with E-state index >= 15 is 0 Å². The fourth-order valence-electron chi connectivity index (χ4n) is 8.92. The Labute approximate surface area is 338 Å². The van der Waals surface area contributed by atoms with Gasteiger partial charge in [0.2, 0.25) is 0 Å². The molecule has 8 aromatic carbocycles. The summed E-state index contributed by atoms with van der Waals surface area (Å²) in [5.74, 6) is 2.00. The number of fused-ring (bicyclic) bond motifs is 9. The summed E-state index contributed by atoms with van der Waals surface area (Å²) in [5, 5.41) is 4.82. The van der Waals surface area contributed by atoms with E-state index < -0.39 is 0 Å². The van der Waals surface area contributed by atoms with Gasteiger partial charge in [0.1, 0.15) is 11.2 Å². The van der Waals surface area contributed by atoms with Crippen LogP contribution in [-0.4, -0.2) is 15.0 Å². The maximum absolute atomic E-state index is 6.92. The molecule has 0 fully saturated rings. The summed E-state index contributed by atoms with van der Waals surface area (Å²) in [5.41, 5.74) is 13.4. The van der Waals surface area contributed by atoms with Crippen molar-refractivity contribution in [3.8, 4) is 56.4 Å². The normalized spacial score (nSPS) is 13.6. The standard InChI is InChI=1S/C53H33N3OS/c1-3-12-32(13-4-1)51-54-52(33-14-5-2-6-15-33)56-53(55-51)37-23-26-40-42-19-11-20-43(50(42)57-47(40)31-37)45-30-36-16-7-8-17-38(36)44-28-34(22-25-39(44)45)35-24-27-49-46(29-35)41-18-9-10-21-48(41)58-49/h1-29,31,45H,30H2.